The molecule has 25 heavy (non-hydrogen) atoms. The van der Waals surface area contributed by atoms with Gasteiger partial charge in [-0.1, -0.05) is 72.8 Å². The minimum absolute atomic E-state index is 0.849. The van der Waals surface area contributed by atoms with Crippen LogP contribution in [-0.2, 0) is 0 Å². The molecular formula is C23H19NO. The summed E-state index contributed by atoms with van der Waals surface area (Å²) in [7, 11) is 0. The number of hydrogen-bond acceptors (Lipinski definition) is 2. The van der Waals surface area contributed by atoms with E-state index in [1.54, 1.807) is 0 Å². The highest BCUT2D eigenvalue weighted by Crippen LogP contribution is 2.33. The molecule has 0 aliphatic rings. The Morgan fingerprint density at radius 3 is 1.92 bits per heavy atom. The lowest BCUT2D eigenvalue weighted by molar-refractivity contribution is 0.575. The van der Waals surface area contributed by atoms with Crippen LogP contribution in [0.15, 0.2) is 88.3 Å². The number of hydrogen-bond donors (Lipinski definition) is 0. The molecule has 4 aromatic rings. The average molecular weight is 325 g/mol. The third-order valence-corrected chi connectivity index (χ3v) is 4.51. The summed E-state index contributed by atoms with van der Waals surface area (Å²) in [6.45, 7) is 4.09. The van der Waals surface area contributed by atoms with Crippen LogP contribution in [0, 0.1) is 13.8 Å². The molecule has 0 amide bonds. The summed E-state index contributed by atoms with van der Waals surface area (Å²) in [4.78, 5) is 5.00. The van der Waals surface area contributed by atoms with Gasteiger partial charge in [0, 0.05) is 16.5 Å². The molecule has 0 aliphatic carbocycles. The molecule has 0 N–H and O–H groups in total. The molecule has 0 aliphatic heterocycles. The Balaban J connectivity index is 1.96. The van der Waals surface area contributed by atoms with E-state index < -0.39 is 0 Å². The van der Waals surface area contributed by atoms with Crippen LogP contribution in [-0.4, -0.2) is 5.71 Å². The standard InChI is InChI=1S/C23H19NO/c1-16-17(2)25-23-20(16)14-9-15-21(23)24-22(18-10-5-3-6-11-18)19-12-7-4-8-13-19/h3-15H,1-2H3. The lowest BCUT2D eigenvalue weighted by Gasteiger charge is -2.08. The minimum atomic E-state index is 0.849. The second kappa shape index (κ2) is 6.40. The normalized spacial score (nSPS) is 10.8. The SMILES string of the molecule is Cc1oc2c(N=C(c3ccccc3)c3ccccc3)cccc2c1C. The Labute approximate surface area is 147 Å². The largest absolute Gasteiger partial charge is 0.459 e. The fourth-order valence-corrected chi connectivity index (χ4v) is 3.04. The van der Waals surface area contributed by atoms with E-state index in [0.29, 0.717) is 0 Å². The van der Waals surface area contributed by atoms with Crippen molar-refractivity contribution < 1.29 is 4.42 Å². The van der Waals surface area contributed by atoms with E-state index in [-0.39, 0.29) is 0 Å². The van der Waals surface area contributed by atoms with Gasteiger partial charge in [0.05, 0.1) is 5.71 Å². The molecule has 0 saturated carbocycles. The summed E-state index contributed by atoms with van der Waals surface area (Å²) in [5, 5.41) is 1.12. The number of furan rings is 1. The third kappa shape index (κ3) is 2.87. The lowest BCUT2D eigenvalue weighted by Crippen LogP contribution is -2.02. The fraction of sp³-hybridized carbons (Fsp3) is 0.0870. The molecule has 122 valence electrons. The van der Waals surface area contributed by atoms with Crippen molar-refractivity contribution in [1.29, 1.82) is 0 Å². The maximum atomic E-state index is 6.00. The maximum Gasteiger partial charge on any atom is 0.160 e. The molecule has 0 radical (unpaired) electrons. The molecule has 0 fully saturated rings. The van der Waals surface area contributed by atoms with Crippen molar-refractivity contribution in [3.05, 3.63) is 101 Å². The maximum absolute atomic E-state index is 6.00. The van der Waals surface area contributed by atoms with E-state index in [4.69, 9.17) is 9.41 Å². The van der Waals surface area contributed by atoms with E-state index in [1.807, 2.05) is 55.5 Å². The van der Waals surface area contributed by atoms with Gasteiger partial charge in [-0.2, -0.15) is 0 Å². The molecule has 0 atom stereocenters. The Kier molecular flexibility index (Phi) is 3.95. The number of nitrogens with zero attached hydrogens (tertiary/aromatic N) is 1. The lowest BCUT2D eigenvalue weighted by atomic mass is 10.0. The number of aryl methyl sites for hydroxylation is 2. The molecule has 4 rings (SSSR count). The highest BCUT2D eigenvalue weighted by atomic mass is 16.3. The molecule has 2 nitrogen and oxygen atoms in total. The van der Waals surface area contributed by atoms with Crippen LogP contribution in [0.2, 0.25) is 0 Å². The monoisotopic (exact) mass is 325 g/mol. The first kappa shape index (κ1) is 15.4. The van der Waals surface area contributed by atoms with Gasteiger partial charge in [0.25, 0.3) is 0 Å². The van der Waals surface area contributed by atoms with Crippen LogP contribution in [0.25, 0.3) is 11.0 Å². The van der Waals surface area contributed by atoms with Crippen molar-refractivity contribution in [2.24, 2.45) is 4.99 Å². The second-order valence-electron chi connectivity index (χ2n) is 6.13. The van der Waals surface area contributed by atoms with Gasteiger partial charge in [-0.05, 0) is 25.5 Å². The van der Waals surface area contributed by atoms with Gasteiger partial charge >= 0.3 is 0 Å². The highest BCUT2D eigenvalue weighted by Gasteiger charge is 2.12. The van der Waals surface area contributed by atoms with Crippen LogP contribution in [0.3, 0.4) is 0 Å². The summed E-state index contributed by atoms with van der Waals surface area (Å²) in [5.41, 5.74) is 6.00. The van der Waals surface area contributed by atoms with Crippen LogP contribution in [0.1, 0.15) is 22.5 Å². The van der Waals surface area contributed by atoms with Crippen molar-refractivity contribution in [2.75, 3.05) is 0 Å². The van der Waals surface area contributed by atoms with Gasteiger partial charge in [-0.15, -0.1) is 0 Å². The summed E-state index contributed by atoms with van der Waals surface area (Å²) in [5.74, 6) is 0.943. The molecular weight excluding hydrogens is 306 g/mol. The van der Waals surface area contributed by atoms with Crippen LogP contribution < -0.4 is 0 Å². The molecule has 1 aromatic heterocycles. The van der Waals surface area contributed by atoms with Gasteiger partial charge in [-0.25, -0.2) is 4.99 Å². The Bertz CT molecular complexity index is 1000. The zero-order valence-electron chi connectivity index (χ0n) is 14.4. The Morgan fingerprint density at radius 1 is 0.720 bits per heavy atom. The number of para-hydroxylation sites is 1. The minimum Gasteiger partial charge on any atom is -0.459 e. The molecule has 0 bridgehead atoms. The molecule has 3 aromatic carbocycles. The number of fused-ring (bicyclic) bond motifs is 1. The number of rotatable bonds is 3. The van der Waals surface area contributed by atoms with Crippen LogP contribution >= 0.6 is 0 Å². The summed E-state index contributed by atoms with van der Waals surface area (Å²) in [6.07, 6.45) is 0. The molecule has 2 heteroatoms. The molecule has 0 spiro atoms. The zero-order valence-corrected chi connectivity index (χ0v) is 14.4. The van der Waals surface area contributed by atoms with E-state index in [9.17, 15) is 0 Å². The summed E-state index contributed by atoms with van der Waals surface area (Å²) >= 11 is 0. The predicted octanol–water partition coefficient (Wildman–Crippen LogP) is 6.22. The van der Waals surface area contributed by atoms with E-state index in [1.165, 1.54) is 5.56 Å². The van der Waals surface area contributed by atoms with Gasteiger partial charge < -0.3 is 4.42 Å². The number of aliphatic imine (C=N–C) groups is 1. The second-order valence-corrected chi connectivity index (χ2v) is 6.13. The first-order valence-electron chi connectivity index (χ1n) is 8.42. The van der Waals surface area contributed by atoms with Gasteiger partial charge in [0.15, 0.2) is 5.58 Å². The van der Waals surface area contributed by atoms with Crippen molar-refractivity contribution in [3.8, 4) is 0 Å². The first-order valence-corrected chi connectivity index (χ1v) is 8.42. The van der Waals surface area contributed by atoms with Gasteiger partial charge in [-0.3, -0.25) is 0 Å². The highest BCUT2D eigenvalue weighted by molar-refractivity contribution is 6.14. The zero-order chi connectivity index (χ0) is 17.2. The van der Waals surface area contributed by atoms with Gasteiger partial charge in [0.2, 0.25) is 0 Å². The Morgan fingerprint density at radius 2 is 1.32 bits per heavy atom. The smallest absolute Gasteiger partial charge is 0.160 e. The average Bonchev–Trinajstić information content (AvgIpc) is 2.96. The summed E-state index contributed by atoms with van der Waals surface area (Å²) in [6, 6.07) is 26.7. The topological polar surface area (TPSA) is 25.5 Å². The van der Waals surface area contributed by atoms with Gasteiger partial charge in [0.1, 0.15) is 11.4 Å². The Hall–Kier alpha value is -3.13. The van der Waals surface area contributed by atoms with E-state index >= 15 is 0 Å². The first-order chi connectivity index (χ1) is 12.2. The molecule has 0 saturated heterocycles. The number of benzene rings is 3. The van der Waals surface area contributed by atoms with E-state index in [2.05, 4.69) is 37.3 Å². The van der Waals surface area contributed by atoms with Crippen molar-refractivity contribution >= 4 is 22.4 Å². The quantitative estimate of drug-likeness (QED) is 0.411. The van der Waals surface area contributed by atoms with Crippen LogP contribution in [0.4, 0.5) is 5.69 Å². The molecule has 1 heterocycles. The fourth-order valence-electron chi connectivity index (χ4n) is 3.04. The van der Waals surface area contributed by atoms with Crippen molar-refractivity contribution in [3.63, 3.8) is 0 Å². The van der Waals surface area contributed by atoms with E-state index in [0.717, 1.165) is 39.3 Å². The molecule has 0 unspecified atom stereocenters. The predicted molar refractivity (Wildman–Crippen MR) is 104 cm³/mol. The van der Waals surface area contributed by atoms with Crippen molar-refractivity contribution in [2.45, 2.75) is 13.8 Å². The third-order valence-electron chi connectivity index (χ3n) is 4.51. The van der Waals surface area contributed by atoms with Crippen LogP contribution in [0.5, 0.6) is 0 Å². The summed E-state index contributed by atoms with van der Waals surface area (Å²) < 4.78 is 6.00. The van der Waals surface area contributed by atoms with Crippen molar-refractivity contribution in [1.82, 2.24) is 0 Å².